The number of nitro groups is 1. The van der Waals surface area contributed by atoms with Crippen molar-refractivity contribution >= 4 is 17.4 Å². The van der Waals surface area contributed by atoms with Crippen LogP contribution in [0.1, 0.15) is 17.3 Å². The summed E-state index contributed by atoms with van der Waals surface area (Å²) in [5.41, 5.74) is -1.61. The van der Waals surface area contributed by atoms with E-state index in [1.165, 1.54) is 13.1 Å². The number of fused-ring (bicyclic) bond motifs is 1. The summed E-state index contributed by atoms with van der Waals surface area (Å²) >= 11 is 0. The number of likely N-dealkylation sites (N-methyl/N-ethyl adjacent to an activating group) is 1. The first-order chi connectivity index (χ1) is 7.90. The number of nitrogens with zero attached hydrogens (tertiary/aromatic N) is 2. The molecule has 1 aromatic rings. The molecule has 1 atom stereocenters. The van der Waals surface area contributed by atoms with Crippen LogP contribution < -0.4 is 4.90 Å². The van der Waals surface area contributed by atoms with Crippen molar-refractivity contribution in [2.45, 2.75) is 12.5 Å². The second-order valence-corrected chi connectivity index (χ2v) is 4.04. The Labute approximate surface area is 97.0 Å². The fourth-order valence-electron chi connectivity index (χ4n) is 1.91. The first kappa shape index (κ1) is 11.3. The van der Waals surface area contributed by atoms with Gasteiger partial charge in [-0.15, -0.1) is 0 Å². The van der Waals surface area contributed by atoms with E-state index >= 15 is 0 Å². The van der Waals surface area contributed by atoms with Crippen LogP contribution in [0.4, 0.5) is 5.69 Å². The van der Waals surface area contributed by atoms with Gasteiger partial charge < -0.3 is 4.90 Å². The van der Waals surface area contributed by atoms with E-state index in [-0.39, 0.29) is 5.56 Å². The van der Waals surface area contributed by atoms with E-state index in [0.29, 0.717) is 5.69 Å². The lowest BCUT2D eigenvalue weighted by atomic mass is 9.85. The second-order valence-electron chi connectivity index (χ2n) is 4.04. The van der Waals surface area contributed by atoms with Crippen molar-refractivity contribution < 1.29 is 14.5 Å². The molecule has 6 nitrogen and oxygen atoms in total. The summed E-state index contributed by atoms with van der Waals surface area (Å²) in [4.78, 5) is 35.3. The Kier molecular flexibility index (Phi) is 2.23. The maximum Gasteiger partial charge on any atom is 0.357 e. The Bertz CT molecular complexity index is 540. The smallest absolute Gasteiger partial charge is 0.308 e. The van der Waals surface area contributed by atoms with E-state index in [0.717, 1.165) is 11.8 Å². The van der Waals surface area contributed by atoms with Crippen LogP contribution in [0.5, 0.6) is 0 Å². The number of hydrogen-bond acceptors (Lipinski definition) is 4. The molecule has 0 N–H and O–H groups in total. The van der Waals surface area contributed by atoms with Crippen LogP contribution in [0, 0.1) is 10.1 Å². The molecule has 1 heterocycles. The Morgan fingerprint density at radius 2 is 1.88 bits per heavy atom. The van der Waals surface area contributed by atoms with Crippen molar-refractivity contribution in [3.05, 3.63) is 39.9 Å². The molecule has 0 fully saturated rings. The van der Waals surface area contributed by atoms with Gasteiger partial charge in [0.15, 0.2) is 0 Å². The van der Waals surface area contributed by atoms with E-state index in [4.69, 9.17) is 0 Å². The molecule has 0 spiro atoms. The van der Waals surface area contributed by atoms with Gasteiger partial charge in [0.05, 0.1) is 5.69 Å². The highest BCUT2D eigenvalue weighted by Gasteiger charge is 2.58. The summed E-state index contributed by atoms with van der Waals surface area (Å²) < 4.78 is 0. The van der Waals surface area contributed by atoms with Crippen molar-refractivity contribution in [1.29, 1.82) is 0 Å². The minimum absolute atomic E-state index is 0.203. The molecule has 1 aromatic carbocycles. The largest absolute Gasteiger partial charge is 0.357 e. The van der Waals surface area contributed by atoms with Crippen LogP contribution in [0.25, 0.3) is 0 Å². The number of ketones is 1. The topological polar surface area (TPSA) is 80.5 Å². The molecule has 1 aliphatic rings. The van der Waals surface area contributed by atoms with Gasteiger partial charge in [0.2, 0.25) is 0 Å². The molecular formula is C11H10N2O4. The van der Waals surface area contributed by atoms with Gasteiger partial charge in [-0.3, -0.25) is 19.7 Å². The van der Waals surface area contributed by atoms with Crippen molar-refractivity contribution in [3.63, 3.8) is 0 Å². The molecule has 1 unspecified atom stereocenters. The quantitative estimate of drug-likeness (QED) is 0.410. The lowest BCUT2D eigenvalue weighted by Crippen LogP contribution is -2.59. The number of hydrogen-bond donors (Lipinski definition) is 0. The third-order valence-electron chi connectivity index (χ3n) is 3.04. The Morgan fingerprint density at radius 1 is 1.29 bits per heavy atom. The number of amides is 1. The van der Waals surface area contributed by atoms with Crippen LogP contribution in [-0.4, -0.2) is 29.2 Å². The number of anilines is 1. The summed E-state index contributed by atoms with van der Waals surface area (Å²) in [5.74, 6) is -1.58. The first-order valence-electron chi connectivity index (χ1n) is 4.97. The fraction of sp³-hybridized carbons (Fsp3) is 0.273. The fourth-order valence-corrected chi connectivity index (χ4v) is 1.91. The molecule has 1 amide bonds. The maximum absolute atomic E-state index is 12.0. The summed E-state index contributed by atoms with van der Waals surface area (Å²) in [7, 11) is 1.43. The summed E-state index contributed by atoms with van der Waals surface area (Å²) in [6.45, 7) is 1.05. The van der Waals surface area contributed by atoms with Crippen LogP contribution in [-0.2, 0) is 4.79 Å². The minimum atomic E-state index is -2.22. The van der Waals surface area contributed by atoms with E-state index in [1.807, 2.05) is 0 Å². The minimum Gasteiger partial charge on any atom is -0.308 e. The normalized spacial score (nSPS) is 23.5. The predicted molar refractivity (Wildman–Crippen MR) is 59.6 cm³/mol. The van der Waals surface area contributed by atoms with E-state index in [1.54, 1.807) is 18.2 Å². The molecular weight excluding hydrogens is 224 g/mol. The lowest BCUT2D eigenvalue weighted by Gasteiger charge is -2.31. The van der Waals surface area contributed by atoms with Gasteiger partial charge in [-0.05, 0) is 12.1 Å². The van der Waals surface area contributed by atoms with Crippen molar-refractivity contribution in [1.82, 2.24) is 0 Å². The Hall–Kier alpha value is -2.24. The van der Waals surface area contributed by atoms with Crippen LogP contribution in [0.3, 0.4) is 0 Å². The summed E-state index contributed by atoms with van der Waals surface area (Å²) in [6, 6.07) is 6.36. The third-order valence-corrected chi connectivity index (χ3v) is 3.04. The van der Waals surface area contributed by atoms with Gasteiger partial charge in [-0.25, -0.2) is 0 Å². The Balaban J connectivity index is 2.71. The Morgan fingerprint density at radius 3 is 2.47 bits per heavy atom. The SMILES string of the molecule is CN1C(=O)C(C)([N+](=O)[O-])C(=O)c2ccccc21. The predicted octanol–water partition coefficient (Wildman–Crippen LogP) is 0.881. The number of carbonyl (C=O) groups excluding carboxylic acids is 2. The number of carbonyl (C=O) groups is 2. The van der Waals surface area contributed by atoms with Crippen LogP contribution >= 0.6 is 0 Å². The van der Waals surface area contributed by atoms with Crippen LogP contribution in [0.2, 0.25) is 0 Å². The van der Waals surface area contributed by atoms with Gasteiger partial charge in [-0.2, -0.15) is 0 Å². The van der Waals surface area contributed by atoms with Gasteiger partial charge in [0.1, 0.15) is 0 Å². The highest BCUT2D eigenvalue weighted by atomic mass is 16.6. The van der Waals surface area contributed by atoms with Crippen molar-refractivity contribution in [2.24, 2.45) is 0 Å². The monoisotopic (exact) mass is 234 g/mol. The van der Waals surface area contributed by atoms with Crippen molar-refractivity contribution in [2.75, 3.05) is 11.9 Å². The van der Waals surface area contributed by atoms with Gasteiger partial charge in [0.25, 0.3) is 5.78 Å². The maximum atomic E-state index is 12.0. The second kappa shape index (κ2) is 3.38. The average molecular weight is 234 g/mol. The van der Waals surface area contributed by atoms with Crippen LogP contribution in [0.15, 0.2) is 24.3 Å². The molecule has 88 valence electrons. The molecule has 0 aromatic heterocycles. The molecule has 0 saturated carbocycles. The first-order valence-corrected chi connectivity index (χ1v) is 4.97. The zero-order chi connectivity index (χ0) is 12.8. The zero-order valence-electron chi connectivity index (χ0n) is 9.34. The van der Waals surface area contributed by atoms with Gasteiger partial charge in [-0.1, -0.05) is 12.1 Å². The van der Waals surface area contributed by atoms with Gasteiger partial charge in [0, 0.05) is 24.5 Å². The number of benzene rings is 1. The number of para-hydroxylation sites is 1. The molecule has 2 rings (SSSR count). The highest BCUT2D eigenvalue weighted by Crippen LogP contribution is 2.32. The molecule has 0 bridgehead atoms. The van der Waals surface area contributed by atoms with E-state index in [9.17, 15) is 19.7 Å². The molecule has 17 heavy (non-hydrogen) atoms. The molecule has 0 radical (unpaired) electrons. The number of rotatable bonds is 1. The standard InChI is InChI=1S/C11H10N2O4/c1-11(13(16)17)9(14)7-5-3-4-6-8(7)12(2)10(11)15/h3-6H,1-2H3. The highest BCUT2D eigenvalue weighted by molar-refractivity contribution is 6.26. The third kappa shape index (κ3) is 1.27. The molecule has 6 heteroatoms. The lowest BCUT2D eigenvalue weighted by molar-refractivity contribution is -0.528. The van der Waals surface area contributed by atoms with Gasteiger partial charge >= 0.3 is 11.4 Å². The van der Waals surface area contributed by atoms with Crippen molar-refractivity contribution in [3.8, 4) is 0 Å². The molecule has 1 aliphatic heterocycles. The van der Waals surface area contributed by atoms with E-state index in [2.05, 4.69) is 0 Å². The summed E-state index contributed by atoms with van der Waals surface area (Å²) in [5, 5.41) is 11.0. The summed E-state index contributed by atoms with van der Waals surface area (Å²) in [6.07, 6.45) is 0. The average Bonchev–Trinajstić information content (AvgIpc) is 2.33. The van der Waals surface area contributed by atoms with E-state index < -0.39 is 22.2 Å². The number of Topliss-reactive ketones (excluding diaryl/α,β-unsaturated/α-hetero) is 1. The zero-order valence-corrected chi connectivity index (χ0v) is 9.34. The molecule has 0 aliphatic carbocycles. The molecule has 0 saturated heterocycles.